The summed E-state index contributed by atoms with van der Waals surface area (Å²) in [5.74, 6) is -1.07. The number of aromatic hydroxyl groups is 1. The minimum Gasteiger partial charge on any atom is -0.507 e. The number of carbonyl (C=O) groups excluding carboxylic acids is 1. The summed E-state index contributed by atoms with van der Waals surface area (Å²) >= 11 is 0. The molecule has 0 spiro atoms. The molecule has 0 aliphatic rings. The van der Waals surface area contributed by atoms with E-state index in [4.69, 9.17) is 5.73 Å². The highest BCUT2D eigenvalue weighted by atomic mass is 16.3. The molecule has 1 amide bonds. The second-order valence-corrected chi connectivity index (χ2v) is 3.88. The lowest BCUT2D eigenvalue weighted by atomic mass is 10.2. The van der Waals surface area contributed by atoms with Gasteiger partial charge in [-0.15, -0.1) is 0 Å². The Bertz CT molecular complexity index is 744. The molecule has 1 unspecified atom stereocenters. The van der Waals surface area contributed by atoms with Crippen LogP contribution in [0.15, 0.2) is 27.8 Å². The lowest BCUT2D eigenvalue weighted by Gasteiger charge is -2.11. The SMILES string of the molecule is CC(C(N)=O)n1c(=O)[nH]c2cccc(O)c2c1=O. The van der Waals surface area contributed by atoms with E-state index in [9.17, 15) is 19.5 Å². The summed E-state index contributed by atoms with van der Waals surface area (Å²) < 4.78 is 0.685. The topological polar surface area (TPSA) is 118 Å². The highest BCUT2D eigenvalue weighted by Crippen LogP contribution is 2.18. The van der Waals surface area contributed by atoms with E-state index in [2.05, 4.69) is 4.98 Å². The van der Waals surface area contributed by atoms with Crippen molar-refractivity contribution in [2.75, 3.05) is 0 Å². The normalized spacial score (nSPS) is 12.5. The number of H-pyrrole nitrogens is 1. The predicted molar refractivity (Wildman–Crippen MR) is 64.4 cm³/mol. The maximum Gasteiger partial charge on any atom is 0.329 e. The third-order valence-corrected chi connectivity index (χ3v) is 2.73. The van der Waals surface area contributed by atoms with Crippen LogP contribution in [0.2, 0.25) is 0 Å². The van der Waals surface area contributed by atoms with Crippen molar-refractivity contribution in [2.24, 2.45) is 5.73 Å². The smallest absolute Gasteiger partial charge is 0.329 e. The molecule has 1 atom stereocenters. The first-order valence-electron chi connectivity index (χ1n) is 5.19. The summed E-state index contributed by atoms with van der Waals surface area (Å²) in [5.41, 5.74) is 3.78. The van der Waals surface area contributed by atoms with Crippen molar-refractivity contribution in [3.8, 4) is 5.75 Å². The van der Waals surface area contributed by atoms with Gasteiger partial charge in [0.25, 0.3) is 5.56 Å². The zero-order valence-electron chi connectivity index (χ0n) is 9.51. The molecule has 0 aliphatic carbocycles. The Morgan fingerprint density at radius 2 is 2.11 bits per heavy atom. The summed E-state index contributed by atoms with van der Waals surface area (Å²) in [6, 6.07) is 3.21. The molecule has 0 radical (unpaired) electrons. The first-order valence-corrected chi connectivity index (χ1v) is 5.19. The number of benzene rings is 1. The van der Waals surface area contributed by atoms with E-state index in [1.54, 1.807) is 0 Å². The average Bonchev–Trinajstić information content (AvgIpc) is 2.28. The Labute approximate surface area is 100 Å². The Morgan fingerprint density at radius 3 is 2.72 bits per heavy atom. The largest absolute Gasteiger partial charge is 0.507 e. The highest BCUT2D eigenvalue weighted by molar-refractivity contribution is 5.84. The van der Waals surface area contributed by atoms with E-state index in [-0.39, 0.29) is 16.7 Å². The standard InChI is InChI=1S/C11H11N3O4/c1-5(9(12)16)14-10(17)8-6(13-11(14)18)3-2-4-7(8)15/h2-5,15H,1H3,(H2,12,16)(H,13,18). The maximum atomic E-state index is 12.1. The van der Waals surface area contributed by atoms with Gasteiger partial charge in [-0.3, -0.25) is 9.59 Å². The van der Waals surface area contributed by atoms with Crippen molar-refractivity contribution in [3.63, 3.8) is 0 Å². The van der Waals surface area contributed by atoms with Gasteiger partial charge < -0.3 is 15.8 Å². The summed E-state index contributed by atoms with van der Waals surface area (Å²) in [5, 5.41) is 9.59. The molecule has 0 bridgehead atoms. The number of nitrogens with zero attached hydrogens (tertiary/aromatic N) is 1. The van der Waals surface area contributed by atoms with Crippen molar-refractivity contribution >= 4 is 16.8 Å². The van der Waals surface area contributed by atoms with Gasteiger partial charge in [-0.2, -0.15) is 0 Å². The average molecular weight is 249 g/mol. The number of nitrogens with two attached hydrogens (primary N) is 1. The summed E-state index contributed by atoms with van der Waals surface area (Å²) in [7, 11) is 0. The predicted octanol–water partition coefficient (Wildman–Crippen LogP) is -0.558. The van der Waals surface area contributed by atoms with Gasteiger partial charge in [-0.1, -0.05) is 6.07 Å². The molecule has 1 aromatic carbocycles. The van der Waals surface area contributed by atoms with Gasteiger partial charge in [0.2, 0.25) is 5.91 Å². The number of rotatable bonds is 2. The zero-order chi connectivity index (χ0) is 13.4. The van der Waals surface area contributed by atoms with E-state index >= 15 is 0 Å². The summed E-state index contributed by atoms with van der Waals surface area (Å²) in [6.07, 6.45) is 0. The van der Waals surface area contributed by atoms with Crippen LogP contribution in [-0.2, 0) is 4.79 Å². The molecular weight excluding hydrogens is 238 g/mol. The molecule has 0 saturated carbocycles. The van der Waals surface area contributed by atoms with E-state index in [0.717, 1.165) is 0 Å². The first kappa shape index (κ1) is 11.9. The van der Waals surface area contributed by atoms with Crippen LogP contribution in [0.1, 0.15) is 13.0 Å². The second kappa shape index (κ2) is 4.02. The third kappa shape index (κ3) is 1.65. The van der Waals surface area contributed by atoms with Crippen LogP contribution in [0.25, 0.3) is 10.9 Å². The number of hydrogen-bond donors (Lipinski definition) is 3. The van der Waals surface area contributed by atoms with Gasteiger partial charge in [-0.05, 0) is 19.1 Å². The molecule has 1 heterocycles. The molecule has 2 rings (SSSR count). The molecule has 0 aliphatic heterocycles. The molecule has 2 aromatic rings. The number of carbonyl (C=O) groups is 1. The van der Waals surface area contributed by atoms with Gasteiger partial charge in [0.15, 0.2) is 0 Å². The lowest BCUT2D eigenvalue weighted by Crippen LogP contribution is -2.41. The molecular formula is C11H11N3O4. The van der Waals surface area contributed by atoms with Gasteiger partial charge in [0.05, 0.1) is 5.52 Å². The molecule has 7 heteroatoms. The zero-order valence-corrected chi connectivity index (χ0v) is 9.51. The first-order chi connectivity index (χ1) is 8.43. The number of phenols is 1. The van der Waals surface area contributed by atoms with Crippen LogP contribution in [0.5, 0.6) is 5.75 Å². The molecule has 1 aromatic heterocycles. The minimum absolute atomic E-state index is 0.0507. The fraction of sp³-hybridized carbons (Fsp3) is 0.182. The number of fused-ring (bicyclic) bond motifs is 1. The van der Waals surface area contributed by atoms with Crippen molar-refractivity contribution in [1.29, 1.82) is 0 Å². The molecule has 7 nitrogen and oxygen atoms in total. The fourth-order valence-corrected chi connectivity index (χ4v) is 1.74. The number of amides is 1. The molecule has 18 heavy (non-hydrogen) atoms. The monoisotopic (exact) mass is 249 g/mol. The summed E-state index contributed by atoms with van der Waals surface area (Å²) in [4.78, 5) is 37.3. The van der Waals surface area contributed by atoms with Crippen molar-refractivity contribution in [1.82, 2.24) is 9.55 Å². The van der Waals surface area contributed by atoms with Crippen LogP contribution >= 0.6 is 0 Å². The number of primary amides is 1. The minimum atomic E-state index is -1.09. The molecule has 94 valence electrons. The lowest BCUT2D eigenvalue weighted by molar-refractivity contribution is -0.120. The van der Waals surface area contributed by atoms with Crippen molar-refractivity contribution < 1.29 is 9.90 Å². The van der Waals surface area contributed by atoms with Crippen LogP contribution < -0.4 is 17.0 Å². The highest BCUT2D eigenvalue weighted by Gasteiger charge is 2.18. The molecule has 0 fully saturated rings. The maximum absolute atomic E-state index is 12.1. The Morgan fingerprint density at radius 1 is 1.44 bits per heavy atom. The number of hydrogen-bond acceptors (Lipinski definition) is 4. The van der Waals surface area contributed by atoms with Crippen LogP contribution in [0.3, 0.4) is 0 Å². The van der Waals surface area contributed by atoms with Gasteiger partial charge in [0, 0.05) is 0 Å². The number of aromatic amines is 1. The molecule has 4 N–H and O–H groups in total. The second-order valence-electron chi connectivity index (χ2n) is 3.88. The van der Waals surface area contributed by atoms with Crippen LogP contribution in [-0.4, -0.2) is 20.6 Å². The number of aromatic nitrogens is 2. The quantitative estimate of drug-likeness (QED) is 0.661. The molecule has 0 saturated heterocycles. The van der Waals surface area contributed by atoms with E-state index in [0.29, 0.717) is 4.57 Å². The number of nitrogens with one attached hydrogen (secondary N) is 1. The van der Waals surface area contributed by atoms with Crippen molar-refractivity contribution in [2.45, 2.75) is 13.0 Å². The Balaban J connectivity index is 2.93. The van der Waals surface area contributed by atoms with Gasteiger partial charge >= 0.3 is 5.69 Å². The van der Waals surface area contributed by atoms with Gasteiger partial charge in [-0.25, -0.2) is 9.36 Å². The van der Waals surface area contributed by atoms with Crippen LogP contribution in [0, 0.1) is 0 Å². The van der Waals surface area contributed by atoms with Crippen molar-refractivity contribution in [3.05, 3.63) is 39.0 Å². The Hall–Kier alpha value is -2.57. The van der Waals surface area contributed by atoms with E-state index in [1.165, 1.54) is 25.1 Å². The van der Waals surface area contributed by atoms with Crippen LogP contribution in [0.4, 0.5) is 0 Å². The third-order valence-electron chi connectivity index (χ3n) is 2.73. The number of phenolic OH excluding ortho intramolecular Hbond substituents is 1. The van der Waals surface area contributed by atoms with E-state index < -0.39 is 23.2 Å². The Kier molecular flexibility index (Phi) is 2.66. The van der Waals surface area contributed by atoms with E-state index in [1.807, 2.05) is 0 Å². The van der Waals surface area contributed by atoms with Gasteiger partial charge in [0.1, 0.15) is 17.2 Å². The fourth-order valence-electron chi connectivity index (χ4n) is 1.74. The summed E-state index contributed by atoms with van der Waals surface area (Å²) in [6.45, 7) is 1.34.